The number of hydrogen-bond acceptors (Lipinski definition) is 5. The molecular weight excluding hydrogens is 326 g/mol. The molecule has 1 N–H and O–H groups in total. The highest BCUT2D eigenvalue weighted by Crippen LogP contribution is 2.33. The predicted molar refractivity (Wildman–Crippen MR) is 96.4 cm³/mol. The van der Waals surface area contributed by atoms with Crippen LogP contribution in [-0.2, 0) is 0 Å². The molecule has 3 aliphatic heterocycles. The lowest BCUT2D eigenvalue weighted by Crippen LogP contribution is -2.62. The Morgan fingerprint density at radius 3 is 2.87 bits per heavy atom. The maximum atomic E-state index is 12.7. The Kier molecular flexibility index (Phi) is 4.07. The Labute approximate surface area is 144 Å². The van der Waals surface area contributed by atoms with Gasteiger partial charge < -0.3 is 5.32 Å². The second kappa shape index (κ2) is 6.07. The summed E-state index contributed by atoms with van der Waals surface area (Å²) in [5, 5.41) is 4.38. The number of fused-ring (bicyclic) bond motifs is 4. The summed E-state index contributed by atoms with van der Waals surface area (Å²) in [6.45, 7) is 4.58. The molecule has 2 aromatic rings. The van der Waals surface area contributed by atoms with Crippen molar-refractivity contribution in [2.75, 3.05) is 19.3 Å². The van der Waals surface area contributed by atoms with E-state index in [2.05, 4.69) is 34.4 Å². The van der Waals surface area contributed by atoms with Crippen LogP contribution in [0.4, 0.5) is 0 Å². The van der Waals surface area contributed by atoms with Crippen LogP contribution in [0.3, 0.4) is 0 Å². The molecule has 0 radical (unpaired) electrons. The third-order valence-corrected chi connectivity index (χ3v) is 7.45. The van der Waals surface area contributed by atoms with E-state index in [1.165, 1.54) is 30.1 Å². The van der Waals surface area contributed by atoms with Crippen molar-refractivity contribution in [2.24, 2.45) is 5.92 Å². The fraction of sp³-hybridized carbons (Fsp3) is 0.529. The molecule has 4 nitrogen and oxygen atoms in total. The summed E-state index contributed by atoms with van der Waals surface area (Å²) in [5.74, 6) is 0.587. The fourth-order valence-electron chi connectivity index (χ4n) is 3.90. The van der Waals surface area contributed by atoms with E-state index in [0.717, 1.165) is 10.1 Å². The Morgan fingerprint density at radius 1 is 1.39 bits per heavy atom. The van der Waals surface area contributed by atoms with E-state index in [1.54, 1.807) is 23.1 Å². The number of hydrogen-bond donors (Lipinski definition) is 1. The average molecular weight is 348 g/mol. The predicted octanol–water partition coefficient (Wildman–Crippen LogP) is 3.23. The van der Waals surface area contributed by atoms with Gasteiger partial charge in [-0.15, -0.1) is 23.1 Å². The zero-order valence-electron chi connectivity index (χ0n) is 13.4. The third-order valence-electron chi connectivity index (χ3n) is 5.29. The summed E-state index contributed by atoms with van der Waals surface area (Å²) in [6, 6.07) is 4.75. The van der Waals surface area contributed by atoms with Crippen LogP contribution >= 0.6 is 23.1 Å². The molecule has 0 spiro atoms. The van der Waals surface area contributed by atoms with Crippen LogP contribution in [-0.4, -0.2) is 47.2 Å². The van der Waals surface area contributed by atoms with Crippen molar-refractivity contribution in [2.45, 2.75) is 36.1 Å². The highest BCUT2D eigenvalue weighted by atomic mass is 32.2. The summed E-state index contributed by atoms with van der Waals surface area (Å²) in [6.07, 6.45) is 6.29. The molecule has 122 valence electrons. The van der Waals surface area contributed by atoms with Gasteiger partial charge in [0.1, 0.15) is 5.69 Å². The normalized spacial score (nSPS) is 29.8. The second-order valence-electron chi connectivity index (χ2n) is 6.49. The molecule has 6 heteroatoms. The molecule has 2 aromatic heterocycles. The molecule has 0 saturated carbocycles. The monoisotopic (exact) mass is 347 g/mol. The quantitative estimate of drug-likeness (QED) is 0.866. The number of thioether (sulfide) groups is 1. The lowest BCUT2D eigenvalue weighted by atomic mass is 9.79. The maximum absolute atomic E-state index is 12.7. The van der Waals surface area contributed by atoms with E-state index < -0.39 is 0 Å². The first kappa shape index (κ1) is 15.4. The van der Waals surface area contributed by atoms with Crippen molar-refractivity contribution in [3.63, 3.8) is 0 Å². The number of nitrogens with zero attached hydrogens (tertiary/aromatic N) is 2. The summed E-state index contributed by atoms with van der Waals surface area (Å²) in [4.78, 5) is 19.5. The maximum Gasteiger partial charge on any atom is 0.270 e. The largest absolute Gasteiger partial charge is 0.346 e. The van der Waals surface area contributed by atoms with Gasteiger partial charge in [-0.05, 0) is 57.2 Å². The molecule has 3 fully saturated rings. The van der Waals surface area contributed by atoms with Crippen molar-refractivity contribution in [1.29, 1.82) is 0 Å². The van der Waals surface area contributed by atoms with Gasteiger partial charge in [-0.3, -0.25) is 14.7 Å². The summed E-state index contributed by atoms with van der Waals surface area (Å²) in [7, 11) is 0. The van der Waals surface area contributed by atoms with Gasteiger partial charge in [0.15, 0.2) is 0 Å². The molecule has 2 atom stereocenters. The lowest BCUT2D eigenvalue weighted by Gasteiger charge is -2.49. The number of nitrogens with one attached hydrogen (secondary N) is 1. The van der Waals surface area contributed by atoms with Gasteiger partial charge in [-0.1, -0.05) is 0 Å². The molecular formula is C17H21N3OS2. The van der Waals surface area contributed by atoms with Gasteiger partial charge in [0.25, 0.3) is 5.91 Å². The van der Waals surface area contributed by atoms with Gasteiger partial charge in [0.2, 0.25) is 0 Å². The molecule has 5 heterocycles. The average Bonchev–Trinajstić information content (AvgIpc) is 3.00. The lowest BCUT2D eigenvalue weighted by molar-refractivity contribution is 0.0216. The van der Waals surface area contributed by atoms with Crippen molar-refractivity contribution >= 4 is 39.1 Å². The molecule has 0 aromatic carbocycles. The number of carbonyl (C=O) groups is 1. The van der Waals surface area contributed by atoms with Crippen LogP contribution in [0.15, 0.2) is 22.5 Å². The Morgan fingerprint density at radius 2 is 2.17 bits per heavy atom. The van der Waals surface area contributed by atoms with Gasteiger partial charge >= 0.3 is 0 Å². The van der Waals surface area contributed by atoms with Gasteiger partial charge in [-0.25, -0.2) is 0 Å². The molecule has 2 unspecified atom stereocenters. The number of pyridine rings is 1. The summed E-state index contributed by atoms with van der Waals surface area (Å²) >= 11 is 3.45. The fourth-order valence-corrected chi connectivity index (χ4v) is 5.55. The Hall–Kier alpha value is -1.11. The molecule has 23 heavy (non-hydrogen) atoms. The zero-order valence-corrected chi connectivity index (χ0v) is 15.0. The van der Waals surface area contributed by atoms with Crippen LogP contribution in [0, 0.1) is 5.92 Å². The smallest absolute Gasteiger partial charge is 0.270 e. The minimum absolute atomic E-state index is 0.0309. The summed E-state index contributed by atoms with van der Waals surface area (Å²) < 4.78 is 2.39. The van der Waals surface area contributed by atoms with Crippen LogP contribution in [0.2, 0.25) is 0 Å². The van der Waals surface area contributed by atoms with E-state index in [1.807, 2.05) is 12.3 Å². The number of rotatable bonds is 3. The molecule has 0 aliphatic carbocycles. The van der Waals surface area contributed by atoms with Crippen LogP contribution in [0.5, 0.6) is 0 Å². The Balaban J connectivity index is 1.54. The van der Waals surface area contributed by atoms with Gasteiger partial charge in [0.05, 0.1) is 4.21 Å². The van der Waals surface area contributed by atoms with E-state index in [9.17, 15) is 4.79 Å². The van der Waals surface area contributed by atoms with Crippen LogP contribution < -0.4 is 5.32 Å². The number of thiophene rings is 1. The van der Waals surface area contributed by atoms with Gasteiger partial charge in [-0.2, -0.15) is 0 Å². The van der Waals surface area contributed by atoms with E-state index in [0.29, 0.717) is 17.7 Å². The molecule has 3 saturated heterocycles. The minimum Gasteiger partial charge on any atom is -0.346 e. The minimum atomic E-state index is -0.0309. The molecule has 2 bridgehead atoms. The molecule has 5 rings (SSSR count). The van der Waals surface area contributed by atoms with E-state index in [4.69, 9.17) is 0 Å². The highest BCUT2D eigenvalue weighted by Gasteiger charge is 2.40. The number of aromatic nitrogens is 1. The SMILES string of the molecule is CSc1cc2cnc(C(=O)NC3C4CCN(CC4)C3C)cc2s1. The number of piperidine rings is 3. The first-order valence-electron chi connectivity index (χ1n) is 8.14. The standard InChI is InChI=1S/C17H21N3OS2/c1-10-16(11-3-5-20(10)6-4-11)19-17(21)13-8-14-12(9-18-13)7-15(22-2)23-14/h7-11,16H,3-6H2,1-2H3,(H,19,21). The summed E-state index contributed by atoms with van der Waals surface area (Å²) in [5.41, 5.74) is 0.538. The van der Waals surface area contributed by atoms with Crippen molar-refractivity contribution in [3.05, 3.63) is 24.0 Å². The second-order valence-corrected chi connectivity index (χ2v) is 8.68. The van der Waals surface area contributed by atoms with Crippen LogP contribution in [0.1, 0.15) is 30.3 Å². The number of amides is 1. The first-order chi connectivity index (χ1) is 11.2. The molecule has 3 aliphatic rings. The first-order valence-corrected chi connectivity index (χ1v) is 10.2. The van der Waals surface area contributed by atoms with Gasteiger partial charge in [0, 0.05) is 28.4 Å². The van der Waals surface area contributed by atoms with E-state index in [-0.39, 0.29) is 11.9 Å². The third kappa shape index (κ3) is 2.77. The number of carbonyl (C=O) groups excluding carboxylic acids is 1. The van der Waals surface area contributed by atoms with Crippen molar-refractivity contribution in [3.8, 4) is 0 Å². The Bertz CT molecular complexity index is 735. The van der Waals surface area contributed by atoms with Crippen molar-refractivity contribution < 1.29 is 4.79 Å². The zero-order chi connectivity index (χ0) is 16.0. The highest BCUT2D eigenvalue weighted by molar-refractivity contribution is 8.00. The van der Waals surface area contributed by atoms with Crippen LogP contribution in [0.25, 0.3) is 10.1 Å². The van der Waals surface area contributed by atoms with Crippen molar-refractivity contribution in [1.82, 2.24) is 15.2 Å². The molecule has 1 amide bonds. The van der Waals surface area contributed by atoms with E-state index >= 15 is 0 Å². The topological polar surface area (TPSA) is 45.2 Å².